The third kappa shape index (κ3) is 2.39. The standard InChI is InChI=1S/C21H19Cl2N3O2/c1-11-7-24-19(27)17-14(9-25(2)18(11)17)20(28)26-8-12-6-21(12,10-26)15-5-13(22)3-4-16(15)23/h3-5,7,9,12H,6,8,10H2,1-2H3,(H,24,27). The topological polar surface area (TPSA) is 58.1 Å². The van der Waals surface area contributed by atoms with Crippen LogP contribution in [0.5, 0.6) is 0 Å². The molecule has 2 fully saturated rings. The van der Waals surface area contributed by atoms with Crippen LogP contribution in [0.2, 0.25) is 10.0 Å². The lowest BCUT2D eigenvalue weighted by molar-refractivity contribution is 0.0774. The number of rotatable bonds is 2. The average molecular weight is 416 g/mol. The maximum Gasteiger partial charge on any atom is 0.258 e. The highest BCUT2D eigenvalue weighted by Gasteiger charge is 2.62. The smallest absolute Gasteiger partial charge is 0.258 e. The first-order valence-electron chi connectivity index (χ1n) is 9.24. The summed E-state index contributed by atoms with van der Waals surface area (Å²) in [7, 11) is 1.86. The van der Waals surface area contributed by atoms with E-state index in [2.05, 4.69) is 4.98 Å². The Morgan fingerprint density at radius 3 is 2.89 bits per heavy atom. The van der Waals surface area contributed by atoms with Crippen molar-refractivity contribution in [1.29, 1.82) is 0 Å². The third-order valence-electron chi connectivity index (χ3n) is 6.33. The van der Waals surface area contributed by atoms with Gasteiger partial charge in [0.1, 0.15) is 0 Å². The number of pyridine rings is 1. The zero-order valence-corrected chi connectivity index (χ0v) is 17.1. The van der Waals surface area contributed by atoms with Crippen LogP contribution >= 0.6 is 23.2 Å². The van der Waals surface area contributed by atoms with Crippen LogP contribution in [-0.2, 0) is 12.5 Å². The van der Waals surface area contributed by atoms with Gasteiger partial charge in [0.2, 0.25) is 0 Å². The molecule has 2 atom stereocenters. The van der Waals surface area contributed by atoms with E-state index >= 15 is 0 Å². The number of aromatic amines is 1. The number of halogens is 2. The van der Waals surface area contributed by atoms with E-state index in [0.717, 1.165) is 23.1 Å². The van der Waals surface area contributed by atoms with Crippen molar-refractivity contribution in [1.82, 2.24) is 14.5 Å². The van der Waals surface area contributed by atoms with Gasteiger partial charge in [0.05, 0.1) is 16.5 Å². The minimum absolute atomic E-state index is 0.105. The molecule has 144 valence electrons. The van der Waals surface area contributed by atoms with Gasteiger partial charge in [-0.05, 0) is 48.6 Å². The van der Waals surface area contributed by atoms with Crippen molar-refractivity contribution in [2.75, 3.05) is 13.1 Å². The van der Waals surface area contributed by atoms with Gasteiger partial charge in [-0.2, -0.15) is 0 Å². The van der Waals surface area contributed by atoms with Crippen LogP contribution in [0.15, 0.2) is 35.4 Å². The molecule has 1 N–H and O–H groups in total. The summed E-state index contributed by atoms with van der Waals surface area (Å²) in [5, 5.41) is 1.81. The molecule has 1 aliphatic heterocycles. The molecule has 0 bridgehead atoms. The largest absolute Gasteiger partial charge is 0.349 e. The van der Waals surface area contributed by atoms with Crippen molar-refractivity contribution in [3.8, 4) is 0 Å². The molecule has 2 unspecified atom stereocenters. The number of benzene rings is 1. The first-order valence-corrected chi connectivity index (χ1v) is 9.99. The van der Waals surface area contributed by atoms with Crippen LogP contribution in [0.1, 0.15) is 27.9 Å². The number of hydrogen-bond donors (Lipinski definition) is 1. The number of carbonyl (C=O) groups excluding carboxylic acids is 1. The molecule has 1 amide bonds. The SMILES string of the molecule is Cc1c[nH]c(=O)c2c(C(=O)N3CC4CC4(c4cc(Cl)ccc4Cl)C3)cn(C)c12. The van der Waals surface area contributed by atoms with Crippen LogP contribution in [0.4, 0.5) is 0 Å². The van der Waals surface area contributed by atoms with Crippen LogP contribution in [0.3, 0.4) is 0 Å². The lowest BCUT2D eigenvalue weighted by Crippen LogP contribution is -2.33. The van der Waals surface area contributed by atoms with Crippen molar-refractivity contribution in [3.05, 3.63) is 67.7 Å². The van der Waals surface area contributed by atoms with Crippen LogP contribution in [-0.4, -0.2) is 33.4 Å². The second-order valence-corrected chi connectivity index (χ2v) is 8.89. The number of carbonyl (C=O) groups is 1. The van der Waals surface area contributed by atoms with Gasteiger partial charge in [-0.3, -0.25) is 9.59 Å². The first kappa shape index (κ1) is 17.8. The average Bonchev–Trinajstić information content (AvgIpc) is 3.04. The Labute approximate surface area is 171 Å². The summed E-state index contributed by atoms with van der Waals surface area (Å²) < 4.78 is 1.85. The molecular weight excluding hydrogens is 397 g/mol. The number of likely N-dealkylation sites (tertiary alicyclic amines) is 1. The van der Waals surface area contributed by atoms with Gasteiger partial charge < -0.3 is 14.5 Å². The molecule has 5 rings (SSSR count). The van der Waals surface area contributed by atoms with E-state index in [0.29, 0.717) is 40.0 Å². The number of nitrogens with one attached hydrogen (secondary N) is 1. The predicted octanol–water partition coefficient (Wildman–Crippen LogP) is 3.90. The van der Waals surface area contributed by atoms with Gasteiger partial charge >= 0.3 is 0 Å². The van der Waals surface area contributed by atoms with E-state index in [9.17, 15) is 9.59 Å². The maximum atomic E-state index is 13.3. The molecule has 1 saturated carbocycles. The Morgan fingerprint density at radius 1 is 1.32 bits per heavy atom. The van der Waals surface area contributed by atoms with Crippen LogP contribution in [0.25, 0.3) is 10.9 Å². The quantitative estimate of drug-likeness (QED) is 0.689. The fourth-order valence-electron chi connectivity index (χ4n) is 4.91. The summed E-state index contributed by atoms with van der Waals surface area (Å²) in [6.07, 6.45) is 4.45. The second-order valence-electron chi connectivity index (χ2n) is 8.05. The molecule has 5 nitrogen and oxygen atoms in total. The van der Waals surface area contributed by atoms with Crippen LogP contribution < -0.4 is 5.56 Å². The molecular formula is C21H19Cl2N3O2. The molecule has 1 aliphatic carbocycles. The number of fused-ring (bicyclic) bond motifs is 2. The minimum Gasteiger partial charge on any atom is -0.349 e. The maximum absolute atomic E-state index is 13.3. The molecule has 3 aromatic rings. The van der Waals surface area contributed by atoms with Crippen molar-refractivity contribution in [3.63, 3.8) is 0 Å². The molecule has 2 aromatic heterocycles. The Morgan fingerprint density at radius 2 is 2.11 bits per heavy atom. The van der Waals surface area contributed by atoms with E-state index in [1.807, 2.05) is 35.6 Å². The molecule has 1 aromatic carbocycles. The zero-order valence-electron chi connectivity index (χ0n) is 15.6. The number of aryl methyl sites for hydroxylation is 2. The summed E-state index contributed by atoms with van der Waals surface area (Å²) in [5.41, 5.74) is 2.85. The molecule has 0 spiro atoms. The summed E-state index contributed by atoms with van der Waals surface area (Å²) in [5.74, 6) is 0.272. The number of nitrogens with zero attached hydrogens (tertiary/aromatic N) is 2. The predicted molar refractivity (Wildman–Crippen MR) is 110 cm³/mol. The summed E-state index contributed by atoms with van der Waals surface area (Å²) in [6.45, 7) is 3.19. The molecule has 3 heterocycles. The van der Waals surface area contributed by atoms with E-state index in [-0.39, 0.29) is 16.9 Å². The fraction of sp³-hybridized carbons (Fsp3) is 0.333. The molecule has 1 saturated heterocycles. The molecule has 2 aliphatic rings. The summed E-state index contributed by atoms with van der Waals surface area (Å²) in [4.78, 5) is 30.4. The van der Waals surface area contributed by atoms with Gasteiger partial charge in [-0.1, -0.05) is 23.2 Å². The number of amides is 1. The molecule has 0 radical (unpaired) electrons. The van der Waals surface area contributed by atoms with E-state index in [4.69, 9.17) is 23.2 Å². The zero-order chi connectivity index (χ0) is 19.8. The van der Waals surface area contributed by atoms with Gasteiger partial charge in [0.15, 0.2) is 0 Å². The van der Waals surface area contributed by atoms with Crippen molar-refractivity contribution >= 4 is 40.0 Å². The highest BCUT2D eigenvalue weighted by Crippen LogP contribution is 2.60. The molecule has 7 heteroatoms. The van der Waals surface area contributed by atoms with Crippen molar-refractivity contribution < 1.29 is 4.79 Å². The van der Waals surface area contributed by atoms with Gasteiger partial charge in [0, 0.05) is 48.0 Å². The normalized spacial score (nSPS) is 23.3. The highest BCUT2D eigenvalue weighted by atomic mass is 35.5. The Bertz CT molecular complexity index is 1210. The van der Waals surface area contributed by atoms with Crippen molar-refractivity contribution in [2.45, 2.75) is 18.8 Å². The van der Waals surface area contributed by atoms with Gasteiger partial charge in [0.25, 0.3) is 11.5 Å². The number of piperidine rings is 1. The Balaban J connectivity index is 1.52. The fourth-order valence-corrected chi connectivity index (χ4v) is 5.39. The van der Waals surface area contributed by atoms with E-state index in [1.165, 1.54) is 0 Å². The van der Waals surface area contributed by atoms with Gasteiger partial charge in [-0.25, -0.2) is 0 Å². The lowest BCUT2D eigenvalue weighted by atomic mass is 9.95. The second kappa shape index (κ2) is 5.88. The summed E-state index contributed by atoms with van der Waals surface area (Å²) >= 11 is 12.6. The summed E-state index contributed by atoms with van der Waals surface area (Å²) in [6, 6.07) is 5.52. The molecule has 28 heavy (non-hydrogen) atoms. The third-order valence-corrected chi connectivity index (χ3v) is 6.89. The number of H-pyrrole nitrogens is 1. The highest BCUT2D eigenvalue weighted by molar-refractivity contribution is 6.33. The monoisotopic (exact) mass is 415 g/mol. The minimum atomic E-state index is -0.235. The van der Waals surface area contributed by atoms with E-state index in [1.54, 1.807) is 18.5 Å². The Kier molecular flexibility index (Phi) is 3.74. The lowest BCUT2D eigenvalue weighted by Gasteiger charge is -2.22. The van der Waals surface area contributed by atoms with E-state index < -0.39 is 0 Å². The first-order chi connectivity index (χ1) is 13.3. The number of hydrogen-bond acceptors (Lipinski definition) is 2. The van der Waals surface area contributed by atoms with Crippen LogP contribution in [0, 0.1) is 12.8 Å². The number of aromatic nitrogens is 2. The van der Waals surface area contributed by atoms with Crippen molar-refractivity contribution in [2.24, 2.45) is 13.0 Å². The van der Waals surface area contributed by atoms with Gasteiger partial charge in [-0.15, -0.1) is 0 Å². The Hall–Kier alpha value is -2.24.